The van der Waals surface area contributed by atoms with E-state index in [9.17, 15) is 8.42 Å². The lowest BCUT2D eigenvalue weighted by Gasteiger charge is -2.21. The van der Waals surface area contributed by atoms with Gasteiger partial charge in [-0.25, -0.2) is 8.42 Å². The monoisotopic (exact) mass is 582 g/mol. The molecule has 42 heavy (non-hydrogen) atoms. The van der Waals surface area contributed by atoms with E-state index in [4.69, 9.17) is 9.47 Å². The average Bonchev–Trinajstić information content (AvgIpc) is 3.41. The molecule has 1 aliphatic rings. The van der Waals surface area contributed by atoms with Crippen LogP contribution in [-0.2, 0) is 9.84 Å². The smallest absolute Gasteiger partial charge is 0.213 e. The number of ether oxygens (including phenoxy) is 2. The Morgan fingerprint density at radius 1 is 0.548 bits per heavy atom. The fraction of sp³-hybridized carbons (Fsp3) is 0. The Morgan fingerprint density at radius 2 is 1.19 bits per heavy atom. The van der Waals surface area contributed by atoms with Crippen LogP contribution in [-0.4, -0.2) is 8.42 Å². The standard InChI is InChI=1S/C36H22O4S2/c37-42(38)34-19-8-6-17-31(34)40-32-22-23(20-21-35(32)42)24-10-1-4-15-29(24)39-30-16-5-2-11-25(30)27-13-9-14-28-26-12-3-7-18-33(26)41-36(27)28/h1-22H. The van der Waals surface area contributed by atoms with Gasteiger partial charge in [0, 0.05) is 36.9 Å². The molecule has 1 aromatic heterocycles. The van der Waals surface area contributed by atoms with Crippen LogP contribution in [0.3, 0.4) is 0 Å². The van der Waals surface area contributed by atoms with Gasteiger partial charge in [0.2, 0.25) is 9.84 Å². The molecule has 0 aliphatic carbocycles. The van der Waals surface area contributed by atoms with E-state index in [0.29, 0.717) is 17.2 Å². The predicted molar refractivity (Wildman–Crippen MR) is 169 cm³/mol. The number of sulfone groups is 1. The summed E-state index contributed by atoms with van der Waals surface area (Å²) in [6.45, 7) is 0. The molecule has 202 valence electrons. The first-order valence-corrected chi connectivity index (χ1v) is 15.8. The first-order chi connectivity index (χ1) is 20.6. The lowest BCUT2D eigenvalue weighted by Crippen LogP contribution is -2.10. The van der Waals surface area contributed by atoms with Crippen molar-refractivity contribution in [3.8, 4) is 45.3 Å². The molecular weight excluding hydrogens is 561 g/mol. The normalized spacial score (nSPS) is 13.3. The largest absolute Gasteiger partial charge is 0.456 e. The maximum atomic E-state index is 13.3. The first-order valence-electron chi connectivity index (χ1n) is 13.5. The molecule has 1 aliphatic heterocycles. The minimum Gasteiger partial charge on any atom is -0.456 e. The summed E-state index contributed by atoms with van der Waals surface area (Å²) in [5.74, 6) is 2.03. The van der Waals surface area contributed by atoms with Crippen LogP contribution in [0.4, 0.5) is 0 Å². The Morgan fingerprint density at radius 3 is 2.07 bits per heavy atom. The molecule has 0 N–H and O–H groups in total. The van der Waals surface area contributed by atoms with Crippen molar-refractivity contribution < 1.29 is 17.9 Å². The number of fused-ring (bicyclic) bond motifs is 5. The predicted octanol–water partition coefficient (Wildman–Crippen LogP) is 10.1. The van der Waals surface area contributed by atoms with E-state index >= 15 is 0 Å². The van der Waals surface area contributed by atoms with Gasteiger partial charge in [0.1, 0.15) is 32.8 Å². The highest BCUT2D eigenvalue weighted by Crippen LogP contribution is 2.47. The van der Waals surface area contributed by atoms with Crippen molar-refractivity contribution in [2.45, 2.75) is 9.79 Å². The van der Waals surface area contributed by atoms with Gasteiger partial charge in [-0.15, -0.1) is 11.3 Å². The van der Waals surface area contributed by atoms with Gasteiger partial charge in [-0.2, -0.15) is 0 Å². The third-order valence-electron chi connectivity index (χ3n) is 7.59. The quantitative estimate of drug-likeness (QED) is 0.207. The van der Waals surface area contributed by atoms with Gasteiger partial charge in [-0.05, 0) is 48.0 Å². The average molecular weight is 583 g/mol. The number of hydrogen-bond acceptors (Lipinski definition) is 5. The Labute approximate surface area is 247 Å². The molecule has 8 rings (SSSR count). The van der Waals surface area contributed by atoms with Crippen molar-refractivity contribution in [3.05, 3.63) is 133 Å². The zero-order valence-corrected chi connectivity index (χ0v) is 23.8. The Bertz CT molecular complexity index is 2280. The summed E-state index contributed by atoms with van der Waals surface area (Å²) in [5, 5.41) is 2.48. The topological polar surface area (TPSA) is 52.6 Å². The van der Waals surface area contributed by atoms with E-state index in [-0.39, 0.29) is 9.79 Å². The Hall–Kier alpha value is -4.91. The van der Waals surface area contributed by atoms with E-state index in [0.717, 1.165) is 28.0 Å². The second-order valence-corrected chi connectivity index (χ2v) is 13.0. The summed E-state index contributed by atoms with van der Waals surface area (Å²) in [5.41, 5.74) is 3.74. The van der Waals surface area contributed by atoms with Crippen molar-refractivity contribution in [1.29, 1.82) is 0 Å². The summed E-state index contributed by atoms with van der Waals surface area (Å²) >= 11 is 1.79. The molecule has 0 unspecified atom stereocenters. The Balaban J connectivity index is 1.21. The second-order valence-electron chi connectivity index (χ2n) is 10.1. The van der Waals surface area contributed by atoms with Gasteiger partial charge in [0.25, 0.3) is 0 Å². The van der Waals surface area contributed by atoms with Crippen LogP contribution >= 0.6 is 11.3 Å². The number of para-hydroxylation sites is 3. The van der Waals surface area contributed by atoms with Gasteiger partial charge in [-0.3, -0.25) is 0 Å². The van der Waals surface area contributed by atoms with Gasteiger partial charge >= 0.3 is 0 Å². The zero-order valence-electron chi connectivity index (χ0n) is 22.2. The van der Waals surface area contributed by atoms with Crippen molar-refractivity contribution in [2.24, 2.45) is 0 Å². The van der Waals surface area contributed by atoms with Crippen molar-refractivity contribution in [2.75, 3.05) is 0 Å². The van der Waals surface area contributed by atoms with E-state index in [1.807, 2.05) is 42.5 Å². The van der Waals surface area contributed by atoms with Crippen molar-refractivity contribution in [3.63, 3.8) is 0 Å². The van der Waals surface area contributed by atoms with E-state index in [1.165, 1.54) is 20.2 Å². The van der Waals surface area contributed by atoms with Crippen LogP contribution in [0.15, 0.2) is 143 Å². The molecule has 0 saturated heterocycles. The van der Waals surface area contributed by atoms with Crippen LogP contribution in [0.25, 0.3) is 42.4 Å². The van der Waals surface area contributed by atoms with Gasteiger partial charge < -0.3 is 9.47 Å². The lowest BCUT2D eigenvalue weighted by atomic mass is 10.0. The van der Waals surface area contributed by atoms with E-state index in [2.05, 4.69) is 48.5 Å². The van der Waals surface area contributed by atoms with Crippen LogP contribution in [0.5, 0.6) is 23.0 Å². The molecule has 0 spiro atoms. The van der Waals surface area contributed by atoms with Crippen LogP contribution in [0, 0.1) is 0 Å². The summed E-state index contributed by atoms with van der Waals surface area (Å²) in [6.07, 6.45) is 0. The van der Waals surface area contributed by atoms with Crippen molar-refractivity contribution >= 4 is 41.3 Å². The summed E-state index contributed by atoms with van der Waals surface area (Å²) < 4.78 is 41.7. The van der Waals surface area contributed by atoms with Crippen LogP contribution < -0.4 is 9.47 Å². The molecule has 0 radical (unpaired) electrons. The van der Waals surface area contributed by atoms with Gasteiger partial charge in [0.15, 0.2) is 0 Å². The lowest BCUT2D eigenvalue weighted by molar-refractivity contribution is 0.443. The molecule has 0 bridgehead atoms. The molecule has 0 saturated carbocycles. The highest BCUT2D eigenvalue weighted by molar-refractivity contribution is 7.91. The van der Waals surface area contributed by atoms with Gasteiger partial charge in [0.05, 0.1) is 0 Å². The zero-order chi connectivity index (χ0) is 28.3. The van der Waals surface area contributed by atoms with E-state index in [1.54, 1.807) is 53.8 Å². The van der Waals surface area contributed by atoms with Crippen LogP contribution in [0.1, 0.15) is 0 Å². The Kier molecular flexibility index (Phi) is 5.67. The molecular formula is C36H22O4S2. The highest BCUT2D eigenvalue weighted by atomic mass is 32.2. The fourth-order valence-corrected chi connectivity index (χ4v) is 8.33. The summed E-state index contributed by atoms with van der Waals surface area (Å²) in [4.78, 5) is 0.337. The number of thiophene rings is 1. The minimum absolute atomic E-state index is 0.158. The van der Waals surface area contributed by atoms with Crippen molar-refractivity contribution in [1.82, 2.24) is 0 Å². The maximum Gasteiger partial charge on any atom is 0.213 e. The van der Waals surface area contributed by atoms with E-state index < -0.39 is 9.84 Å². The molecule has 6 aromatic carbocycles. The number of rotatable bonds is 4. The molecule has 7 aromatic rings. The summed E-state index contributed by atoms with van der Waals surface area (Å²) in [6, 6.07) is 42.7. The second kappa shape index (κ2) is 9.58. The van der Waals surface area contributed by atoms with Gasteiger partial charge in [-0.1, -0.05) is 91.0 Å². The molecule has 0 atom stereocenters. The molecule has 0 amide bonds. The number of benzene rings is 6. The third-order valence-corrected chi connectivity index (χ3v) is 10.6. The van der Waals surface area contributed by atoms with Crippen LogP contribution in [0.2, 0.25) is 0 Å². The minimum atomic E-state index is -3.68. The molecule has 4 nitrogen and oxygen atoms in total. The highest BCUT2D eigenvalue weighted by Gasteiger charge is 2.31. The molecule has 6 heteroatoms. The SMILES string of the molecule is O=S1(=O)c2ccccc2Oc2cc(-c3ccccc3Oc3ccccc3-c3cccc4c3sc3ccccc34)ccc21. The molecule has 0 fully saturated rings. The fourth-order valence-electron chi connectivity index (χ4n) is 5.62. The third kappa shape index (κ3) is 3.91. The maximum absolute atomic E-state index is 13.3. The molecule has 2 heterocycles. The first kappa shape index (κ1) is 24.9. The number of hydrogen-bond donors (Lipinski definition) is 0. The summed E-state index contributed by atoms with van der Waals surface area (Å²) in [7, 11) is -3.68.